The molecule has 1 spiro atoms. The van der Waals surface area contributed by atoms with E-state index in [1.165, 1.54) is 49.9 Å². The Morgan fingerprint density at radius 3 is 2.77 bits per heavy atom. The molecule has 2 aromatic rings. The summed E-state index contributed by atoms with van der Waals surface area (Å²) in [6, 6.07) is 11.4. The molecule has 2 aliphatic heterocycles. The lowest BCUT2D eigenvalue weighted by atomic mass is 9.68. The molecule has 4 nitrogen and oxygen atoms in total. The average Bonchev–Trinajstić information content (AvgIpc) is 3.42. The number of nitrogens with one attached hydrogen (secondary N) is 1. The lowest BCUT2D eigenvalue weighted by molar-refractivity contribution is -0.104. The van der Waals surface area contributed by atoms with Crippen molar-refractivity contribution in [2.75, 3.05) is 13.2 Å². The minimum absolute atomic E-state index is 0.0966. The Labute approximate surface area is 181 Å². The number of rotatable bonds is 5. The van der Waals surface area contributed by atoms with Gasteiger partial charge in [0.25, 0.3) is 0 Å². The topological polar surface area (TPSA) is 39.1 Å². The van der Waals surface area contributed by atoms with Gasteiger partial charge in [0.1, 0.15) is 0 Å². The number of fused-ring (bicyclic) bond motifs is 1. The van der Waals surface area contributed by atoms with Crippen LogP contribution in [0.2, 0.25) is 0 Å². The van der Waals surface area contributed by atoms with Gasteiger partial charge in [0, 0.05) is 47.4 Å². The molecule has 3 aliphatic rings. The minimum atomic E-state index is 0.0966. The van der Waals surface area contributed by atoms with Crippen LogP contribution in [-0.4, -0.2) is 28.3 Å². The fourth-order valence-electron chi connectivity index (χ4n) is 6.48. The summed E-state index contributed by atoms with van der Waals surface area (Å²) in [5.41, 5.74) is 3.17. The van der Waals surface area contributed by atoms with Gasteiger partial charge in [0.15, 0.2) is 0 Å². The summed E-state index contributed by atoms with van der Waals surface area (Å²) < 4.78 is 8.88. The summed E-state index contributed by atoms with van der Waals surface area (Å²) in [7, 11) is 0. The molecule has 4 heteroatoms. The summed E-state index contributed by atoms with van der Waals surface area (Å²) >= 11 is 0. The van der Waals surface area contributed by atoms with Gasteiger partial charge in [-0.25, -0.2) is 0 Å². The van der Waals surface area contributed by atoms with Crippen molar-refractivity contribution in [3.63, 3.8) is 0 Å². The van der Waals surface area contributed by atoms with Gasteiger partial charge in [-0.1, -0.05) is 18.9 Å². The first-order valence-electron chi connectivity index (χ1n) is 12.0. The second-order valence-electron chi connectivity index (χ2n) is 10.6. The number of hydrogen-bond acceptors (Lipinski definition) is 3. The molecule has 2 aromatic heterocycles. The van der Waals surface area contributed by atoms with Gasteiger partial charge >= 0.3 is 0 Å². The van der Waals surface area contributed by atoms with Crippen molar-refractivity contribution in [3.8, 4) is 0 Å². The first-order chi connectivity index (χ1) is 14.5. The number of pyridine rings is 1. The van der Waals surface area contributed by atoms with Crippen molar-refractivity contribution in [1.29, 1.82) is 0 Å². The van der Waals surface area contributed by atoms with E-state index in [4.69, 9.17) is 9.72 Å². The van der Waals surface area contributed by atoms with Crippen molar-refractivity contribution < 1.29 is 4.74 Å². The second kappa shape index (κ2) is 7.80. The number of aromatic nitrogens is 2. The Balaban J connectivity index is 1.33. The molecule has 5 rings (SSSR count). The van der Waals surface area contributed by atoms with Crippen molar-refractivity contribution in [2.24, 2.45) is 0 Å². The molecule has 1 saturated heterocycles. The Morgan fingerprint density at radius 2 is 1.97 bits per heavy atom. The van der Waals surface area contributed by atoms with Crippen LogP contribution >= 0.6 is 0 Å². The number of hydrogen-bond donors (Lipinski definition) is 1. The molecule has 0 aromatic carbocycles. The van der Waals surface area contributed by atoms with Crippen LogP contribution in [0.5, 0.6) is 0 Å². The van der Waals surface area contributed by atoms with Gasteiger partial charge in [-0.05, 0) is 89.6 Å². The van der Waals surface area contributed by atoms with Gasteiger partial charge < -0.3 is 14.6 Å². The lowest BCUT2D eigenvalue weighted by Crippen LogP contribution is -2.48. The SMILES string of the molecule is CC1(C)CCC(NCC[C@@]2(c3ccccn3)CCOC3(CCCC3)C2)c2cccn21. The summed E-state index contributed by atoms with van der Waals surface area (Å²) in [5.74, 6) is 0. The van der Waals surface area contributed by atoms with Crippen LogP contribution in [0.3, 0.4) is 0 Å². The molecule has 0 radical (unpaired) electrons. The summed E-state index contributed by atoms with van der Waals surface area (Å²) in [4.78, 5) is 4.85. The third-order valence-corrected chi connectivity index (χ3v) is 8.20. The molecule has 162 valence electrons. The monoisotopic (exact) mass is 407 g/mol. The summed E-state index contributed by atoms with van der Waals surface area (Å²) in [5, 5.41) is 3.93. The Hall–Kier alpha value is -1.65. The van der Waals surface area contributed by atoms with E-state index >= 15 is 0 Å². The number of ether oxygens (including phenoxy) is 1. The van der Waals surface area contributed by atoms with Crippen LogP contribution in [-0.2, 0) is 15.7 Å². The zero-order valence-corrected chi connectivity index (χ0v) is 18.7. The minimum Gasteiger partial charge on any atom is -0.375 e. The average molecular weight is 408 g/mol. The maximum Gasteiger partial charge on any atom is 0.0691 e. The van der Waals surface area contributed by atoms with E-state index in [0.717, 1.165) is 32.4 Å². The van der Waals surface area contributed by atoms with Crippen LogP contribution in [0.15, 0.2) is 42.7 Å². The fraction of sp³-hybridized carbons (Fsp3) is 0.654. The normalized spacial score (nSPS) is 29.7. The maximum atomic E-state index is 6.41. The van der Waals surface area contributed by atoms with E-state index in [1.54, 1.807) is 0 Å². The smallest absolute Gasteiger partial charge is 0.0691 e. The highest BCUT2D eigenvalue weighted by Crippen LogP contribution is 2.49. The van der Waals surface area contributed by atoms with Gasteiger partial charge in [0.2, 0.25) is 0 Å². The molecule has 1 unspecified atom stereocenters. The quantitative estimate of drug-likeness (QED) is 0.712. The molecule has 1 aliphatic carbocycles. The third-order valence-electron chi connectivity index (χ3n) is 8.20. The molecule has 4 heterocycles. The van der Waals surface area contributed by atoms with E-state index in [0.29, 0.717) is 6.04 Å². The van der Waals surface area contributed by atoms with E-state index in [-0.39, 0.29) is 16.6 Å². The van der Waals surface area contributed by atoms with E-state index < -0.39 is 0 Å². The van der Waals surface area contributed by atoms with Crippen molar-refractivity contribution in [2.45, 2.75) is 94.2 Å². The van der Waals surface area contributed by atoms with E-state index in [1.807, 2.05) is 12.3 Å². The largest absolute Gasteiger partial charge is 0.375 e. The highest BCUT2D eigenvalue weighted by atomic mass is 16.5. The highest BCUT2D eigenvalue weighted by Gasteiger charge is 2.48. The molecule has 2 atom stereocenters. The first kappa shape index (κ1) is 20.3. The van der Waals surface area contributed by atoms with Crippen molar-refractivity contribution >= 4 is 0 Å². The second-order valence-corrected chi connectivity index (χ2v) is 10.6. The predicted octanol–water partition coefficient (Wildman–Crippen LogP) is 5.49. The third kappa shape index (κ3) is 3.62. The summed E-state index contributed by atoms with van der Waals surface area (Å²) in [6.45, 7) is 6.61. The molecule has 0 amide bonds. The van der Waals surface area contributed by atoms with Crippen LogP contribution in [0.1, 0.15) is 89.1 Å². The van der Waals surface area contributed by atoms with Crippen molar-refractivity contribution in [3.05, 3.63) is 54.1 Å². The van der Waals surface area contributed by atoms with Crippen LogP contribution in [0.4, 0.5) is 0 Å². The fourth-order valence-corrected chi connectivity index (χ4v) is 6.48. The molecular weight excluding hydrogens is 370 g/mol. The van der Waals surface area contributed by atoms with Gasteiger partial charge in [-0.2, -0.15) is 0 Å². The van der Waals surface area contributed by atoms with Gasteiger partial charge in [-0.3, -0.25) is 4.98 Å². The maximum absolute atomic E-state index is 6.41. The molecule has 2 fully saturated rings. The van der Waals surface area contributed by atoms with Crippen LogP contribution < -0.4 is 5.32 Å². The lowest BCUT2D eigenvalue weighted by Gasteiger charge is -2.47. The van der Waals surface area contributed by atoms with E-state index in [2.05, 4.69) is 54.2 Å². The molecule has 0 bridgehead atoms. The standard InChI is InChI=1S/C26H37N3O/c1-24(2)13-10-21(22-8-7-18-29(22)24)27-17-14-25(23-9-3-6-16-28-23)15-19-30-26(20-25)11-4-5-12-26/h3,6-9,16,18,21,27H,4-5,10-15,17,19-20H2,1-2H3/t21?,25-/m1/s1. The van der Waals surface area contributed by atoms with Crippen LogP contribution in [0, 0.1) is 0 Å². The number of nitrogens with zero attached hydrogens (tertiary/aromatic N) is 2. The molecule has 30 heavy (non-hydrogen) atoms. The Morgan fingerprint density at radius 1 is 1.10 bits per heavy atom. The van der Waals surface area contributed by atoms with Gasteiger partial charge in [0.05, 0.1) is 5.60 Å². The predicted molar refractivity (Wildman–Crippen MR) is 121 cm³/mol. The van der Waals surface area contributed by atoms with Crippen molar-refractivity contribution in [1.82, 2.24) is 14.9 Å². The van der Waals surface area contributed by atoms with Crippen LogP contribution in [0.25, 0.3) is 0 Å². The Kier molecular flexibility index (Phi) is 5.27. The zero-order valence-electron chi connectivity index (χ0n) is 18.7. The molecular formula is C26H37N3O. The molecule has 1 saturated carbocycles. The van der Waals surface area contributed by atoms with Gasteiger partial charge in [-0.15, -0.1) is 0 Å². The summed E-state index contributed by atoms with van der Waals surface area (Å²) in [6.07, 6.45) is 15.1. The zero-order chi connectivity index (χ0) is 20.7. The molecule has 1 N–H and O–H groups in total. The highest BCUT2D eigenvalue weighted by molar-refractivity contribution is 5.21. The first-order valence-corrected chi connectivity index (χ1v) is 12.0. The Bertz CT molecular complexity index is 852. The van der Waals surface area contributed by atoms with E-state index in [9.17, 15) is 0 Å².